The smallest absolute Gasteiger partial charge is 0.136 e. The van der Waals surface area contributed by atoms with Gasteiger partial charge in [0, 0.05) is 18.0 Å². The van der Waals surface area contributed by atoms with Gasteiger partial charge in [0.2, 0.25) is 0 Å². The molecule has 0 aliphatic heterocycles. The summed E-state index contributed by atoms with van der Waals surface area (Å²) >= 11 is 0. The molecular formula is C15H29NO. The van der Waals surface area contributed by atoms with Crippen LogP contribution in [-0.2, 0) is 4.79 Å². The van der Waals surface area contributed by atoms with E-state index in [0.29, 0.717) is 17.7 Å². The molecule has 1 aliphatic rings. The quantitative estimate of drug-likeness (QED) is 0.736. The lowest BCUT2D eigenvalue weighted by Gasteiger charge is -2.29. The molecule has 1 atom stereocenters. The first-order valence-corrected chi connectivity index (χ1v) is 7.18. The van der Waals surface area contributed by atoms with Crippen LogP contribution in [0.4, 0.5) is 0 Å². The highest BCUT2D eigenvalue weighted by molar-refractivity contribution is 5.82. The average Bonchev–Trinajstić information content (AvgIpc) is 2.76. The fourth-order valence-electron chi connectivity index (χ4n) is 2.50. The highest BCUT2D eigenvalue weighted by Gasteiger charge is 2.30. The topological polar surface area (TPSA) is 29.1 Å². The summed E-state index contributed by atoms with van der Waals surface area (Å²) in [7, 11) is 0. The largest absolute Gasteiger partial charge is 0.313 e. The Bertz CT molecular complexity index is 243. The van der Waals surface area contributed by atoms with Crippen molar-refractivity contribution in [2.45, 2.75) is 72.3 Å². The molecule has 1 saturated carbocycles. The molecule has 0 spiro atoms. The van der Waals surface area contributed by atoms with Crippen LogP contribution in [0.1, 0.15) is 66.2 Å². The summed E-state index contributed by atoms with van der Waals surface area (Å²) in [4.78, 5) is 11.8. The maximum Gasteiger partial charge on any atom is 0.136 e. The highest BCUT2D eigenvalue weighted by Crippen LogP contribution is 2.27. The summed E-state index contributed by atoms with van der Waals surface area (Å²) in [6, 6.07) is 0.660. The van der Waals surface area contributed by atoms with Gasteiger partial charge >= 0.3 is 0 Å². The van der Waals surface area contributed by atoms with Crippen LogP contribution in [0, 0.1) is 11.3 Å². The normalized spacial score (nSPS) is 20.8. The Hall–Kier alpha value is -0.370. The van der Waals surface area contributed by atoms with E-state index >= 15 is 0 Å². The van der Waals surface area contributed by atoms with E-state index in [1.54, 1.807) is 6.92 Å². The maximum absolute atomic E-state index is 11.8. The fraction of sp³-hybridized carbons (Fsp3) is 0.933. The SMILES string of the molecule is CC(=O)C(C)(CCC(C)C)CNC1CCCC1. The number of carbonyl (C=O) groups is 1. The molecule has 0 aromatic rings. The monoisotopic (exact) mass is 239 g/mol. The number of hydrogen-bond donors (Lipinski definition) is 1. The number of Topliss-reactive ketones (excluding diaryl/α,β-unsaturated/α-hetero) is 1. The zero-order valence-corrected chi connectivity index (χ0v) is 12.0. The third-order valence-electron chi connectivity index (χ3n) is 4.26. The molecule has 2 heteroatoms. The number of hydrogen-bond acceptors (Lipinski definition) is 2. The predicted molar refractivity (Wildman–Crippen MR) is 73.1 cm³/mol. The van der Waals surface area contributed by atoms with Crippen LogP contribution in [0.15, 0.2) is 0 Å². The van der Waals surface area contributed by atoms with E-state index in [4.69, 9.17) is 0 Å². The van der Waals surface area contributed by atoms with Crippen molar-refractivity contribution in [3.05, 3.63) is 0 Å². The standard InChI is InChI=1S/C15H29NO/c1-12(2)9-10-15(4,13(3)17)11-16-14-7-5-6-8-14/h12,14,16H,5-11H2,1-4H3. The molecule has 1 aliphatic carbocycles. The number of carbonyl (C=O) groups excluding carboxylic acids is 1. The first-order valence-electron chi connectivity index (χ1n) is 7.18. The van der Waals surface area contributed by atoms with Crippen molar-refractivity contribution in [1.82, 2.24) is 5.32 Å². The Labute approximate surface area is 107 Å². The Balaban J connectivity index is 2.42. The highest BCUT2D eigenvalue weighted by atomic mass is 16.1. The molecule has 0 radical (unpaired) electrons. The lowest BCUT2D eigenvalue weighted by Crippen LogP contribution is -2.41. The number of rotatable bonds is 7. The van der Waals surface area contributed by atoms with Crippen LogP contribution < -0.4 is 5.32 Å². The molecule has 1 fully saturated rings. The molecular weight excluding hydrogens is 210 g/mol. The first kappa shape index (κ1) is 14.7. The summed E-state index contributed by atoms with van der Waals surface area (Å²) in [5.74, 6) is 1.02. The summed E-state index contributed by atoms with van der Waals surface area (Å²) in [5, 5.41) is 3.61. The van der Waals surface area contributed by atoms with Gasteiger partial charge in [0.05, 0.1) is 0 Å². The van der Waals surface area contributed by atoms with Gasteiger partial charge < -0.3 is 5.32 Å². The molecule has 1 unspecified atom stereocenters. The van der Waals surface area contributed by atoms with E-state index < -0.39 is 0 Å². The van der Waals surface area contributed by atoms with Crippen LogP contribution in [-0.4, -0.2) is 18.4 Å². The number of ketones is 1. The summed E-state index contributed by atoms with van der Waals surface area (Å²) in [6.45, 7) is 9.19. The maximum atomic E-state index is 11.8. The lowest BCUT2D eigenvalue weighted by atomic mass is 9.79. The second-order valence-corrected chi connectivity index (χ2v) is 6.41. The van der Waals surface area contributed by atoms with Gasteiger partial charge in [-0.25, -0.2) is 0 Å². The molecule has 1 N–H and O–H groups in total. The van der Waals surface area contributed by atoms with Gasteiger partial charge in [0.25, 0.3) is 0 Å². The van der Waals surface area contributed by atoms with Crippen LogP contribution in [0.25, 0.3) is 0 Å². The molecule has 17 heavy (non-hydrogen) atoms. The predicted octanol–water partition coefficient (Wildman–Crippen LogP) is 3.55. The molecule has 100 valence electrons. The molecule has 0 heterocycles. The van der Waals surface area contributed by atoms with E-state index in [1.807, 2.05) is 0 Å². The molecule has 1 rings (SSSR count). The Morgan fingerprint density at radius 1 is 1.35 bits per heavy atom. The van der Waals surface area contributed by atoms with Gasteiger partial charge in [-0.3, -0.25) is 4.79 Å². The van der Waals surface area contributed by atoms with Gasteiger partial charge in [0.15, 0.2) is 0 Å². The number of nitrogens with one attached hydrogen (secondary N) is 1. The minimum absolute atomic E-state index is 0.160. The fourth-order valence-corrected chi connectivity index (χ4v) is 2.50. The van der Waals surface area contributed by atoms with Gasteiger partial charge in [-0.2, -0.15) is 0 Å². The summed E-state index contributed by atoms with van der Waals surface area (Å²) in [6.07, 6.45) is 7.43. The Kier molecular flexibility index (Phi) is 5.64. The Morgan fingerprint density at radius 3 is 2.41 bits per heavy atom. The van der Waals surface area contributed by atoms with E-state index in [-0.39, 0.29) is 5.41 Å². The van der Waals surface area contributed by atoms with Crippen molar-refractivity contribution in [1.29, 1.82) is 0 Å². The molecule has 2 nitrogen and oxygen atoms in total. The zero-order chi connectivity index (χ0) is 12.9. The van der Waals surface area contributed by atoms with Crippen molar-refractivity contribution >= 4 is 5.78 Å². The van der Waals surface area contributed by atoms with Crippen molar-refractivity contribution in [3.63, 3.8) is 0 Å². The summed E-state index contributed by atoms with van der Waals surface area (Å²) in [5.41, 5.74) is -0.160. The van der Waals surface area contributed by atoms with Crippen LogP contribution in [0.2, 0.25) is 0 Å². The van der Waals surface area contributed by atoms with Crippen LogP contribution in [0.3, 0.4) is 0 Å². The Morgan fingerprint density at radius 2 is 1.94 bits per heavy atom. The molecule has 0 saturated heterocycles. The van der Waals surface area contributed by atoms with Crippen molar-refractivity contribution in [2.24, 2.45) is 11.3 Å². The van der Waals surface area contributed by atoms with Crippen molar-refractivity contribution in [2.75, 3.05) is 6.54 Å². The van der Waals surface area contributed by atoms with E-state index in [1.165, 1.54) is 25.7 Å². The van der Waals surface area contributed by atoms with Crippen LogP contribution >= 0.6 is 0 Å². The third kappa shape index (κ3) is 4.79. The summed E-state index contributed by atoms with van der Waals surface area (Å²) < 4.78 is 0. The molecule has 0 amide bonds. The van der Waals surface area contributed by atoms with E-state index in [2.05, 4.69) is 26.1 Å². The van der Waals surface area contributed by atoms with Crippen molar-refractivity contribution < 1.29 is 4.79 Å². The second-order valence-electron chi connectivity index (χ2n) is 6.41. The van der Waals surface area contributed by atoms with E-state index in [0.717, 1.165) is 19.4 Å². The minimum atomic E-state index is -0.160. The van der Waals surface area contributed by atoms with Gasteiger partial charge in [-0.15, -0.1) is 0 Å². The third-order valence-corrected chi connectivity index (χ3v) is 4.26. The van der Waals surface area contributed by atoms with E-state index in [9.17, 15) is 4.79 Å². The molecule has 0 aromatic heterocycles. The average molecular weight is 239 g/mol. The first-order chi connectivity index (χ1) is 7.94. The van der Waals surface area contributed by atoms with Gasteiger partial charge in [0.1, 0.15) is 5.78 Å². The van der Waals surface area contributed by atoms with Crippen molar-refractivity contribution in [3.8, 4) is 0 Å². The van der Waals surface area contributed by atoms with Gasteiger partial charge in [-0.05, 0) is 38.5 Å². The molecule has 0 bridgehead atoms. The van der Waals surface area contributed by atoms with Crippen LogP contribution in [0.5, 0.6) is 0 Å². The minimum Gasteiger partial charge on any atom is -0.313 e. The lowest BCUT2D eigenvalue weighted by molar-refractivity contribution is -0.126. The van der Waals surface area contributed by atoms with Gasteiger partial charge in [-0.1, -0.05) is 33.6 Å². The zero-order valence-electron chi connectivity index (χ0n) is 12.0. The molecule has 0 aromatic carbocycles. The second kappa shape index (κ2) is 6.53.